The Bertz CT molecular complexity index is 447. The van der Waals surface area contributed by atoms with Gasteiger partial charge in [-0.2, -0.15) is 0 Å². The summed E-state index contributed by atoms with van der Waals surface area (Å²) < 4.78 is 0. The van der Waals surface area contributed by atoms with Crippen LogP contribution < -0.4 is 5.32 Å². The molecule has 1 aromatic carbocycles. The third-order valence-corrected chi connectivity index (χ3v) is 3.10. The molecule has 0 fully saturated rings. The fourth-order valence-electron chi connectivity index (χ4n) is 1.53. The maximum absolute atomic E-state index is 11.6. The first-order chi connectivity index (χ1) is 8.56. The van der Waals surface area contributed by atoms with E-state index in [4.69, 9.17) is 23.2 Å². The second-order valence-electron chi connectivity index (χ2n) is 3.95. The first-order valence-corrected chi connectivity index (χ1v) is 6.60. The monoisotopic (exact) mass is 287 g/mol. The van der Waals surface area contributed by atoms with Crippen molar-refractivity contribution < 1.29 is 9.59 Å². The number of nitrogens with one attached hydrogen (secondary N) is 1. The number of unbranched alkanes of at least 4 members (excludes halogenated alkanes) is 2. The topological polar surface area (TPSA) is 46.2 Å². The van der Waals surface area contributed by atoms with Crippen LogP contribution in [0, 0.1) is 0 Å². The van der Waals surface area contributed by atoms with E-state index in [0.29, 0.717) is 12.1 Å². The van der Waals surface area contributed by atoms with Gasteiger partial charge in [0.15, 0.2) is 0 Å². The van der Waals surface area contributed by atoms with Crippen molar-refractivity contribution in [2.45, 2.75) is 32.6 Å². The van der Waals surface area contributed by atoms with Gasteiger partial charge in [-0.05, 0) is 30.2 Å². The van der Waals surface area contributed by atoms with Crippen LogP contribution in [0.2, 0.25) is 5.02 Å². The smallest absolute Gasteiger partial charge is 0.253 e. The van der Waals surface area contributed by atoms with Gasteiger partial charge in [-0.3, -0.25) is 9.59 Å². The predicted molar refractivity (Wildman–Crippen MR) is 74.4 cm³/mol. The summed E-state index contributed by atoms with van der Waals surface area (Å²) in [4.78, 5) is 22.7. The number of rotatable bonds is 6. The third kappa shape index (κ3) is 4.31. The van der Waals surface area contributed by atoms with E-state index >= 15 is 0 Å². The molecule has 0 aliphatic rings. The van der Waals surface area contributed by atoms with Crippen molar-refractivity contribution in [1.29, 1.82) is 0 Å². The lowest BCUT2D eigenvalue weighted by atomic mass is 10.2. The second-order valence-corrected chi connectivity index (χ2v) is 4.67. The van der Waals surface area contributed by atoms with Gasteiger partial charge < -0.3 is 5.32 Å². The van der Waals surface area contributed by atoms with Crippen LogP contribution in [0.1, 0.15) is 43.0 Å². The summed E-state index contributed by atoms with van der Waals surface area (Å²) in [7, 11) is 0. The Hall–Kier alpha value is -1.06. The van der Waals surface area contributed by atoms with Crippen molar-refractivity contribution in [2.75, 3.05) is 5.32 Å². The number of halogens is 2. The van der Waals surface area contributed by atoms with Crippen LogP contribution in [0.25, 0.3) is 0 Å². The Morgan fingerprint density at radius 2 is 2.00 bits per heavy atom. The van der Waals surface area contributed by atoms with Crippen LogP contribution in [0.5, 0.6) is 0 Å². The lowest BCUT2D eigenvalue weighted by molar-refractivity contribution is -0.116. The minimum absolute atomic E-state index is 0.107. The summed E-state index contributed by atoms with van der Waals surface area (Å²) in [5, 5.41) is 2.23. The zero-order chi connectivity index (χ0) is 13.5. The number of hydrogen-bond donors (Lipinski definition) is 1. The Balaban J connectivity index is 2.70. The molecule has 0 aromatic heterocycles. The van der Waals surface area contributed by atoms with Gasteiger partial charge in [-0.1, -0.05) is 37.4 Å². The largest absolute Gasteiger partial charge is 0.325 e. The van der Waals surface area contributed by atoms with E-state index < -0.39 is 5.24 Å². The zero-order valence-corrected chi connectivity index (χ0v) is 11.6. The highest BCUT2D eigenvalue weighted by atomic mass is 35.5. The van der Waals surface area contributed by atoms with Gasteiger partial charge in [-0.15, -0.1) is 0 Å². The van der Waals surface area contributed by atoms with Crippen LogP contribution in [-0.4, -0.2) is 11.1 Å². The molecule has 0 radical (unpaired) electrons. The minimum Gasteiger partial charge on any atom is -0.325 e. The molecule has 0 spiro atoms. The van der Waals surface area contributed by atoms with E-state index in [9.17, 15) is 9.59 Å². The lowest BCUT2D eigenvalue weighted by Gasteiger charge is -2.08. The summed E-state index contributed by atoms with van der Waals surface area (Å²) in [6.07, 6.45) is 3.36. The number of carbonyl (C=O) groups excluding carboxylic acids is 2. The first-order valence-electron chi connectivity index (χ1n) is 5.84. The van der Waals surface area contributed by atoms with Crippen LogP contribution in [-0.2, 0) is 4.79 Å². The fraction of sp³-hybridized carbons (Fsp3) is 0.385. The molecule has 1 N–H and O–H groups in total. The number of carbonyl (C=O) groups is 2. The molecule has 0 aliphatic heterocycles. The molecule has 3 nitrogen and oxygen atoms in total. The van der Waals surface area contributed by atoms with E-state index in [0.717, 1.165) is 19.3 Å². The molecule has 0 atom stereocenters. The zero-order valence-electron chi connectivity index (χ0n) is 10.1. The molecule has 5 heteroatoms. The quantitative estimate of drug-likeness (QED) is 0.628. The molecule has 0 bridgehead atoms. The van der Waals surface area contributed by atoms with Crippen LogP contribution in [0.4, 0.5) is 5.69 Å². The number of anilines is 1. The Morgan fingerprint density at radius 3 is 2.61 bits per heavy atom. The summed E-state index contributed by atoms with van der Waals surface area (Å²) in [5.41, 5.74) is 0.620. The SMILES string of the molecule is CCCCCC(=O)Nc1cccc(C(=O)Cl)c1Cl. The van der Waals surface area contributed by atoms with Gasteiger partial charge in [0.1, 0.15) is 0 Å². The van der Waals surface area contributed by atoms with E-state index in [1.165, 1.54) is 6.07 Å². The molecule has 98 valence electrons. The highest BCUT2D eigenvalue weighted by molar-refractivity contribution is 6.69. The molecule has 0 heterocycles. The molecule has 1 amide bonds. The fourth-order valence-corrected chi connectivity index (χ4v) is 1.99. The van der Waals surface area contributed by atoms with Gasteiger partial charge in [-0.25, -0.2) is 0 Å². The molecular formula is C13H15Cl2NO2. The average molecular weight is 288 g/mol. The Kier molecular flexibility index (Phi) is 6.16. The van der Waals surface area contributed by atoms with Crippen molar-refractivity contribution in [3.63, 3.8) is 0 Å². The van der Waals surface area contributed by atoms with Gasteiger partial charge in [0, 0.05) is 6.42 Å². The van der Waals surface area contributed by atoms with Crippen molar-refractivity contribution in [1.82, 2.24) is 0 Å². The van der Waals surface area contributed by atoms with Crippen molar-refractivity contribution >= 4 is 40.0 Å². The van der Waals surface area contributed by atoms with E-state index in [-0.39, 0.29) is 16.5 Å². The lowest BCUT2D eigenvalue weighted by Crippen LogP contribution is -2.12. The van der Waals surface area contributed by atoms with Crippen LogP contribution in [0.3, 0.4) is 0 Å². The first kappa shape index (κ1) is 15.0. The van der Waals surface area contributed by atoms with Gasteiger partial charge >= 0.3 is 0 Å². The van der Waals surface area contributed by atoms with Gasteiger partial charge in [0.05, 0.1) is 16.3 Å². The summed E-state index contributed by atoms with van der Waals surface area (Å²) in [6.45, 7) is 2.07. The van der Waals surface area contributed by atoms with E-state index in [1.54, 1.807) is 12.1 Å². The van der Waals surface area contributed by atoms with Crippen molar-refractivity contribution in [2.24, 2.45) is 0 Å². The van der Waals surface area contributed by atoms with Crippen LogP contribution in [0.15, 0.2) is 18.2 Å². The Labute approximate surface area is 116 Å². The van der Waals surface area contributed by atoms with E-state index in [2.05, 4.69) is 12.2 Å². The molecule has 0 saturated carbocycles. The molecule has 1 aromatic rings. The summed E-state index contributed by atoms with van der Waals surface area (Å²) in [5.74, 6) is -0.107. The number of hydrogen-bond acceptors (Lipinski definition) is 2. The van der Waals surface area contributed by atoms with Gasteiger partial charge in [0.25, 0.3) is 5.24 Å². The third-order valence-electron chi connectivity index (χ3n) is 2.49. The average Bonchev–Trinajstić information content (AvgIpc) is 2.32. The van der Waals surface area contributed by atoms with E-state index in [1.807, 2.05) is 0 Å². The minimum atomic E-state index is -0.637. The summed E-state index contributed by atoms with van der Waals surface area (Å²) >= 11 is 11.4. The molecule has 0 aliphatic carbocycles. The highest BCUT2D eigenvalue weighted by Gasteiger charge is 2.12. The molecule has 0 saturated heterocycles. The summed E-state index contributed by atoms with van der Waals surface area (Å²) in [6, 6.07) is 4.79. The maximum Gasteiger partial charge on any atom is 0.253 e. The van der Waals surface area contributed by atoms with Crippen molar-refractivity contribution in [3.8, 4) is 0 Å². The highest BCUT2D eigenvalue weighted by Crippen LogP contribution is 2.27. The Morgan fingerprint density at radius 1 is 1.28 bits per heavy atom. The van der Waals surface area contributed by atoms with Crippen molar-refractivity contribution in [3.05, 3.63) is 28.8 Å². The molecular weight excluding hydrogens is 273 g/mol. The number of amides is 1. The molecule has 18 heavy (non-hydrogen) atoms. The molecule has 0 unspecified atom stereocenters. The van der Waals surface area contributed by atoms with Crippen LogP contribution >= 0.6 is 23.2 Å². The normalized spacial score (nSPS) is 10.2. The second kappa shape index (κ2) is 7.39. The standard InChI is InChI=1S/C13H15Cl2NO2/c1-2-3-4-8-11(17)16-10-7-5-6-9(12(10)14)13(15)18/h5-7H,2-4,8H2,1H3,(H,16,17). The maximum atomic E-state index is 11.6. The predicted octanol–water partition coefficient (Wildman–Crippen LogP) is 4.24. The molecule has 1 rings (SSSR count). The number of benzene rings is 1. The van der Waals surface area contributed by atoms with Gasteiger partial charge in [0.2, 0.25) is 5.91 Å².